The Morgan fingerprint density at radius 1 is 1.09 bits per heavy atom. The molecule has 5 nitrogen and oxygen atoms in total. The van der Waals surface area contributed by atoms with Gasteiger partial charge in [0.1, 0.15) is 0 Å². The number of hydrogen-bond acceptors (Lipinski definition) is 3. The lowest BCUT2D eigenvalue weighted by Gasteiger charge is -2.13. The van der Waals surface area contributed by atoms with Crippen molar-refractivity contribution in [2.45, 2.75) is 52.4 Å². The predicted molar refractivity (Wildman–Crippen MR) is 130 cm³/mol. The second-order valence-corrected chi connectivity index (χ2v) is 8.17. The van der Waals surface area contributed by atoms with Gasteiger partial charge in [-0.2, -0.15) is 0 Å². The third-order valence-corrected chi connectivity index (χ3v) is 5.49. The van der Waals surface area contributed by atoms with Crippen molar-refractivity contribution in [2.75, 3.05) is 0 Å². The summed E-state index contributed by atoms with van der Waals surface area (Å²) >= 11 is 0. The fraction of sp³-hybridized carbons (Fsp3) is 0.286. The van der Waals surface area contributed by atoms with Gasteiger partial charge in [0.15, 0.2) is 6.10 Å². The Hall–Kier alpha value is -3.44. The molecule has 172 valence electrons. The summed E-state index contributed by atoms with van der Waals surface area (Å²) in [7, 11) is 0. The van der Waals surface area contributed by atoms with Crippen LogP contribution >= 0.6 is 0 Å². The molecule has 0 aliphatic carbocycles. The summed E-state index contributed by atoms with van der Waals surface area (Å²) in [5.41, 5.74) is 4.37. The van der Waals surface area contributed by atoms with Gasteiger partial charge >= 0.3 is 5.97 Å². The lowest BCUT2D eigenvalue weighted by atomic mass is 10.1. The van der Waals surface area contributed by atoms with Crippen molar-refractivity contribution < 1.29 is 19.4 Å². The average Bonchev–Trinajstić information content (AvgIpc) is 3.28. The second kappa shape index (κ2) is 12.0. The lowest BCUT2D eigenvalue weighted by molar-refractivity contribution is -0.151. The van der Waals surface area contributed by atoms with Gasteiger partial charge in [-0.25, -0.2) is 4.79 Å². The molecule has 0 bridgehead atoms. The third-order valence-electron chi connectivity index (χ3n) is 5.49. The number of nitrogens with zero attached hydrogens (tertiary/aromatic N) is 1. The number of allylic oxidation sites excluding steroid dienone is 1. The van der Waals surface area contributed by atoms with Crippen LogP contribution in [-0.2, 0) is 22.7 Å². The highest BCUT2D eigenvalue weighted by Gasteiger charge is 2.17. The highest BCUT2D eigenvalue weighted by atomic mass is 16.5. The molecule has 2 aromatic carbocycles. The van der Waals surface area contributed by atoms with Crippen molar-refractivity contribution >= 4 is 17.8 Å². The Balaban J connectivity index is 1.61. The summed E-state index contributed by atoms with van der Waals surface area (Å²) in [5.74, 6) is -0.911. The fourth-order valence-electron chi connectivity index (χ4n) is 3.59. The summed E-state index contributed by atoms with van der Waals surface area (Å²) in [6.07, 6.45) is 7.41. The Bertz CT molecular complexity index is 1100. The molecule has 0 saturated carbocycles. The molecule has 5 heteroatoms. The Kier molecular flexibility index (Phi) is 8.79. The van der Waals surface area contributed by atoms with E-state index in [4.69, 9.17) is 4.74 Å². The summed E-state index contributed by atoms with van der Waals surface area (Å²) < 4.78 is 7.56. The number of hydrogen-bond donors (Lipinski definition) is 1. The SMILES string of the molecule is CCCCC(OCc1cccc(/C=C/Cn2cccc2C(=O)c2ccc(C)cc2)c1)C(=O)O. The van der Waals surface area contributed by atoms with E-state index in [0.717, 1.165) is 29.5 Å². The van der Waals surface area contributed by atoms with Crippen LogP contribution in [-0.4, -0.2) is 27.5 Å². The number of carbonyl (C=O) groups is 2. The summed E-state index contributed by atoms with van der Waals surface area (Å²) in [4.78, 5) is 24.2. The van der Waals surface area contributed by atoms with Crippen LogP contribution in [0.1, 0.15) is 58.9 Å². The molecule has 0 spiro atoms. The normalized spacial score (nSPS) is 12.2. The quantitative estimate of drug-likeness (QED) is 0.352. The van der Waals surface area contributed by atoms with Crippen LogP contribution in [0.4, 0.5) is 0 Å². The van der Waals surface area contributed by atoms with Crippen molar-refractivity contribution in [3.05, 3.63) is 101 Å². The molecule has 0 aliphatic heterocycles. The van der Waals surface area contributed by atoms with Gasteiger partial charge in [-0.15, -0.1) is 0 Å². The molecule has 3 aromatic rings. The largest absolute Gasteiger partial charge is 0.479 e. The molecule has 1 atom stereocenters. The zero-order valence-corrected chi connectivity index (χ0v) is 19.2. The number of unbranched alkanes of at least 4 members (excludes halogenated alkanes) is 1. The van der Waals surface area contributed by atoms with Crippen LogP contribution in [0, 0.1) is 6.92 Å². The number of aliphatic carboxylic acids is 1. The molecule has 33 heavy (non-hydrogen) atoms. The highest BCUT2D eigenvalue weighted by molar-refractivity contribution is 6.08. The monoisotopic (exact) mass is 445 g/mol. The number of ether oxygens (including phenoxy) is 1. The molecule has 1 heterocycles. The molecule has 0 radical (unpaired) electrons. The predicted octanol–water partition coefficient (Wildman–Crippen LogP) is 5.90. The van der Waals surface area contributed by atoms with Crippen molar-refractivity contribution in [3.8, 4) is 0 Å². The van der Waals surface area contributed by atoms with Gasteiger partial charge in [-0.1, -0.05) is 79.9 Å². The Morgan fingerprint density at radius 2 is 1.88 bits per heavy atom. The van der Waals surface area contributed by atoms with Gasteiger partial charge in [0.05, 0.1) is 12.3 Å². The maximum absolute atomic E-state index is 12.9. The lowest BCUT2D eigenvalue weighted by Crippen LogP contribution is -2.23. The average molecular weight is 446 g/mol. The van der Waals surface area contributed by atoms with Gasteiger partial charge in [0, 0.05) is 18.3 Å². The minimum Gasteiger partial charge on any atom is -0.479 e. The van der Waals surface area contributed by atoms with Crippen LogP contribution < -0.4 is 0 Å². The molecule has 0 amide bonds. The number of ketones is 1. The number of carbonyl (C=O) groups excluding carboxylic acids is 1. The Labute approximate surface area is 195 Å². The molecule has 1 N–H and O–H groups in total. The maximum Gasteiger partial charge on any atom is 0.332 e. The smallest absolute Gasteiger partial charge is 0.332 e. The van der Waals surface area contributed by atoms with Crippen LogP contribution in [0.15, 0.2) is 72.9 Å². The Morgan fingerprint density at radius 3 is 2.61 bits per heavy atom. The van der Waals surface area contributed by atoms with Gasteiger partial charge in [-0.3, -0.25) is 4.79 Å². The first-order valence-electron chi connectivity index (χ1n) is 11.3. The van der Waals surface area contributed by atoms with Crippen LogP contribution in [0.5, 0.6) is 0 Å². The van der Waals surface area contributed by atoms with E-state index in [2.05, 4.69) is 0 Å². The zero-order chi connectivity index (χ0) is 23.6. The molecule has 3 rings (SSSR count). The molecule has 1 aromatic heterocycles. The number of rotatable bonds is 12. The minimum atomic E-state index is -0.915. The van der Waals surface area contributed by atoms with E-state index in [1.165, 1.54) is 0 Å². The van der Waals surface area contributed by atoms with Gasteiger partial charge in [0.2, 0.25) is 5.78 Å². The summed E-state index contributed by atoms with van der Waals surface area (Å²) in [6.45, 7) is 4.86. The van der Waals surface area contributed by atoms with E-state index < -0.39 is 12.1 Å². The van der Waals surface area contributed by atoms with Gasteiger partial charge < -0.3 is 14.4 Å². The standard InChI is InChI=1S/C28H31NO4/c1-3-4-12-26(28(31)32)33-20-23-9-5-8-22(19-23)10-6-17-29-18-7-11-25(29)27(30)24-15-13-21(2)14-16-24/h5-11,13-16,18-19,26H,3-4,12,17,20H2,1-2H3,(H,31,32)/b10-6+. The van der Waals surface area contributed by atoms with Crippen molar-refractivity contribution in [1.29, 1.82) is 0 Å². The van der Waals surface area contributed by atoms with E-state index in [9.17, 15) is 14.7 Å². The van der Waals surface area contributed by atoms with E-state index in [1.807, 2.05) is 97.4 Å². The number of carboxylic acids is 1. The van der Waals surface area contributed by atoms with Crippen molar-refractivity contribution in [1.82, 2.24) is 4.57 Å². The molecule has 1 unspecified atom stereocenters. The van der Waals surface area contributed by atoms with Crippen LogP contribution in [0.2, 0.25) is 0 Å². The fourth-order valence-corrected chi connectivity index (χ4v) is 3.59. The number of aryl methyl sites for hydroxylation is 1. The first-order valence-corrected chi connectivity index (χ1v) is 11.3. The summed E-state index contributed by atoms with van der Waals surface area (Å²) in [5, 5.41) is 9.32. The topological polar surface area (TPSA) is 68.5 Å². The van der Waals surface area contributed by atoms with E-state index in [1.54, 1.807) is 0 Å². The molecule has 0 fully saturated rings. The van der Waals surface area contributed by atoms with Crippen LogP contribution in [0.25, 0.3) is 6.08 Å². The van der Waals surface area contributed by atoms with Gasteiger partial charge in [0.25, 0.3) is 0 Å². The number of carboxylic acid groups (broad SMARTS) is 1. The summed E-state index contributed by atoms with van der Waals surface area (Å²) in [6, 6.07) is 19.2. The van der Waals surface area contributed by atoms with E-state index in [0.29, 0.717) is 24.2 Å². The molecular formula is C28H31NO4. The zero-order valence-electron chi connectivity index (χ0n) is 19.2. The first-order chi connectivity index (χ1) is 16.0. The molecular weight excluding hydrogens is 414 g/mol. The molecule has 0 aliphatic rings. The third kappa shape index (κ3) is 7.02. The maximum atomic E-state index is 12.9. The van der Waals surface area contributed by atoms with Gasteiger partial charge in [-0.05, 0) is 42.7 Å². The first kappa shape index (κ1) is 24.2. The van der Waals surface area contributed by atoms with Crippen LogP contribution in [0.3, 0.4) is 0 Å². The van der Waals surface area contributed by atoms with Crippen molar-refractivity contribution in [3.63, 3.8) is 0 Å². The highest BCUT2D eigenvalue weighted by Crippen LogP contribution is 2.15. The minimum absolute atomic E-state index is 0.00334. The number of benzene rings is 2. The van der Waals surface area contributed by atoms with E-state index in [-0.39, 0.29) is 12.4 Å². The van der Waals surface area contributed by atoms with E-state index >= 15 is 0 Å². The molecule has 0 saturated heterocycles. The number of aromatic nitrogens is 1. The van der Waals surface area contributed by atoms with Crippen molar-refractivity contribution in [2.24, 2.45) is 0 Å². The second-order valence-electron chi connectivity index (χ2n) is 8.17.